The highest BCUT2D eigenvalue weighted by atomic mass is 19.3. The number of fused-ring (bicyclic) bond motifs is 1. The van der Waals surface area contributed by atoms with E-state index in [1.165, 1.54) is 11.1 Å². The molecule has 2 aromatic rings. The number of carbonyl (C=O) groups excluding carboxylic acids is 1. The number of likely N-dealkylation sites (tertiary alicyclic amines) is 1. The van der Waals surface area contributed by atoms with Gasteiger partial charge in [0.2, 0.25) is 12.3 Å². The van der Waals surface area contributed by atoms with Crippen LogP contribution in [0.3, 0.4) is 0 Å². The highest BCUT2D eigenvalue weighted by Crippen LogP contribution is 2.44. The van der Waals surface area contributed by atoms with Crippen molar-refractivity contribution < 1.29 is 23.4 Å². The van der Waals surface area contributed by atoms with Crippen molar-refractivity contribution in [1.29, 1.82) is 0 Å². The van der Waals surface area contributed by atoms with E-state index >= 15 is 0 Å². The Bertz CT molecular complexity index is 1060. The van der Waals surface area contributed by atoms with Gasteiger partial charge in [0, 0.05) is 23.4 Å². The van der Waals surface area contributed by atoms with Gasteiger partial charge in [0.15, 0.2) is 0 Å². The van der Waals surface area contributed by atoms with Gasteiger partial charge in [0.1, 0.15) is 5.82 Å². The van der Waals surface area contributed by atoms with E-state index in [-0.39, 0.29) is 17.9 Å². The monoisotopic (exact) mass is 459 g/mol. The SMILES string of the molecule is Cc1cc2cnc(NC(=O)[C@H]3C[C@@H]3C(F)F)cc2cc1C1CCN([C@@]2(C)COC[C@H]2O)CC1. The van der Waals surface area contributed by atoms with Crippen LogP contribution < -0.4 is 5.32 Å². The number of aryl methyl sites for hydroxylation is 1. The van der Waals surface area contributed by atoms with Crippen LogP contribution in [0.5, 0.6) is 0 Å². The van der Waals surface area contributed by atoms with Crippen molar-refractivity contribution in [2.24, 2.45) is 11.8 Å². The molecule has 8 heteroatoms. The fourth-order valence-corrected chi connectivity index (χ4v) is 5.50. The van der Waals surface area contributed by atoms with Crippen LogP contribution in [0.15, 0.2) is 24.4 Å². The Hall–Kier alpha value is -2.16. The Balaban J connectivity index is 1.30. The maximum atomic E-state index is 12.8. The molecule has 0 spiro atoms. The minimum Gasteiger partial charge on any atom is -0.389 e. The number of pyridine rings is 1. The van der Waals surface area contributed by atoms with Crippen LogP contribution in [0, 0.1) is 18.8 Å². The first-order chi connectivity index (χ1) is 15.8. The van der Waals surface area contributed by atoms with Crippen molar-refractivity contribution in [2.45, 2.75) is 57.1 Å². The lowest BCUT2D eigenvalue weighted by Gasteiger charge is -2.44. The number of carbonyl (C=O) groups is 1. The topological polar surface area (TPSA) is 74.7 Å². The Labute approximate surface area is 192 Å². The second-order valence-corrected chi connectivity index (χ2v) is 10.1. The zero-order chi connectivity index (χ0) is 23.3. The molecule has 3 aliphatic rings. The van der Waals surface area contributed by atoms with E-state index in [1.807, 2.05) is 6.07 Å². The van der Waals surface area contributed by atoms with Crippen LogP contribution >= 0.6 is 0 Å². The van der Waals surface area contributed by atoms with Gasteiger partial charge in [-0.25, -0.2) is 13.8 Å². The van der Waals surface area contributed by atoms with E-state index in [4.69, 9.17) is 4.74 Å². The average Bonchev–Trinajstić information content (AvgIpc) is 3.54. The molecule has 2 aliphatic heterocycles. The number of nitrogens with zero attached hydrogens (tertiary/aromatic N) is 2. The molecule has 1 amide bonds. The first-order valence-electron chi connectivity index (χ1n) is 11.8. The van der Waals surface area contributed by atoms with Gasteiger partial charge < -0.3 is 15.2 Å². The van der Waals surface area contributed by atoms with Crippen LogP contribution in [0.25, 0.3) is 10.8 Å². The third-order valence-electron chi connectivity index (χ3n) is 7.90. The number of hydrogen-bond donors (Lipinski definition) is 2. The number of halogens is 2. The molecular weight excluding hydrogens is 428 g/mol. The molecule has 4 atom stereocenters. The summed E-state index contributed by atoms with van der Waals surface area (Å²) in [6.07, 6.45) is 1.06. The van der Waals surface area contributed by atoms with Crippen molar-refractivity contribution in [3.63, 3.8) is 0 Å². The molecule has 1 aromatic heterocycles. The summed E-state index contributed by atoms with van der Waals surface area (Å²) in [4.78, 5) is 18.9. The fourth-order valence-electron chi connectivity index (χ4n) is 5.50. The molecule has 3 fully saturated rings. The third-order valence-corrected chi connectivity index (χ3v) is 7.90. The second-order valence-electron chi connectivity index (χ2n) is 10.1. The van der Waals surface area contributed by atoms with E-state index < -0.39 is 24.4 Å². The fraction of sp³-hybridized carbons (Fsp3) is 0.600. The summed E-state index contributed by atoms with van der Waals surface area (Å²) >= 11 is 0. The number of amides is 1. The maximum Gasteiger partial charge on any atom is 0.242 e. The van der Waals surface area contributed by atoms with Crippen LogP contribution in [-0.2, 0) is 9.53 Å². The van der Waals surface area contributed by atoms with Gasteiger partial charge in [-0.1, -0.05) is 6.07 Å². The van der Waals surface area contributed by atoms with E-state index in [1.54, 1.807) is 6.20 Å². The molecular formula is C25H31F2N3O3. The van der Waals surface area contributed by atoms with Gasteiger partial charge in [-0.05, 0) is 80.8 Å². The molecule has 1 aliphatic carbocycles. The van der Waals surface area contributed by atoms with Crippen LogP contribution in [0.2, 0.25) is 0 Å². The third kappa shape index (κ3) is 4.24. The Morgan fingerprint density at radius 1 is 1.27 bits per heavy atom. The number of rotatable bonds is 5. The standard InChI is InChI=1S/C25H31F2N3O3/c1-14-7-17-11-28-22(29-24(32)20-10-19(20)23(26)27)9-16(17)8-18(14)15-3-5-30(6-4-15)25(2)13-33-12-21(25)31/h7-9,11,15,19-21,23,31H,3-6,10,12-13H2,1-2H3,(H,28,29,32)/t19-,20-,21+,25-/m0/s1. The molecule has 0 radical (unpaired) electrons. The summed E-state index contributed by atoms with van der Waals surface area (Å²) < 4.78 is 31.1. The molecule has 3 heterocycles. The van der Waals surface area contributed by atoms with Crippen molar-refractivity contribution in [3.8, 4) is 0 Å². The van der Waals surface area contributed by atoms with Gasteiger partial charge in [-0.3, -0.25) is 9.69 Å². The summed E-state index contributed by atoms with van der Waals surface area (Å²) in [5.74, 6) is -1.01. The van der Waals surface area contributed by atoms with Crippen molar-refractivity contribution in [3.05, 3.63) is 35.5 Å². The molecule has 2 saturated heterocycles. The maximum absolute atomic E-state index is 12.8. The van der Waals surface area contributed by atoms with E-state index in [0.717, 1.165) is 36.7 Å². The van der Waals surface area contributed by atoms with Gasteiger partial charge >= 0.3 is 0 Å². The summed E-state index contributed by atoms with van der Waals surface area (Å²) in [6.45, 7) is 6.97. The van der Waals surface area contributed by atoms with Crippen molar-refractivity contribution in [1.82, 2.24) is 9.88 Å². The van der Waals surface area contributed by atoms with Gasteiger partial charge in [-0.2, -0.15) is 0 Å². The molecule has 0 unspecified atom stereocenters. The Morgan fingerprint density at radius 2 is 2.03 bits per heavy atom. The number of anilines is 1. The number of aliphatic hydroxyl groups is 1. The van der Waals surface area contributed by atoms with Crippen LogP contribution in [-0.4, -0.2) is 65.3 Å². The number of hydrogen-bond acceptors (Lipinski definition) is 5. The molecule has 5 rings (SSSR count). The summed E-state index contributed by atoms with van der Waals surface area (Å²) in [7, 11) is 0. The van der Waals surface area contributed by atoms with Crippen LogP contribution in [0.1, 0.15) is 43.2 Å². The number of ether oxygens (including phenoxy) is 1. The Morgan fingerprint density at radius 3 is 2.67 bits per heavy atom. The number of piperidine rings is 1. The van der Waals surface area contributed by atoms with E-state index in [9.17, 15) is 18.7 Å². The number of alkyl halides is 2. The lowest BCUT2D eigenvalue weighted by Crippen LogP contribution is -2.56. The molecule has 6 nitrogen and oxygen atoms in total. The summed E-state index contributed by atoms with van der Waals surface area (Å²) in [5, 5.41) is 15.1. The smallest absolute Gasteiger partial charge is 0.242 e. The Kier molecular flexibility index (Phi) is 5.87. The minimum atomic E-state index is -2.45. The molecule has 33 heavy (non-hydrogen) atoms. The van der Waals surface area contributed by atoms with Gasteiger partial charge in [0.25, 0.3) is 0 Å². The number of aliphatic hydroxyl groups excluding tert-OH is 1. The number of aromatic nitrogens is 1. The molecule has 0 bridgehead atoms. The highest BCUT2D eigenvalue weighted by Gasteiger charge is 2.49. The lowest BCUT2D eigenvalue weighted by atomic mass is 9.83. The second kappa shape index (κ2) is 8.56. The number of benzene rings is 1. The van der Waals surface area contributed by atoms with Crippen molar-refractivity contribution in [2.75, 3.05) is 31.6 Å². The molecule has 1 aromatic carbocycles. The van der Waals surface area contributed by atoms with E-state index in [0.29, 0.717) is 24.9 Å². The largest absolute Gasteiger partial charge is 0.389 e. The summed E-state index contributed by atoms with van der Waals surface area (Å²) in [5.41, 5.74) is 2.19. The van der Waals surface area contributed by atoms with Crippen molar-refractivity contribution >= 4 is 22.5 Å². The highest BCUT2D eigenvalue weighted by molar-refractivity contribution is 5.95. The normalized spacial score (nSPS) is 30.8. The zero-order valence-electron chi connectivity index (χ0n) is 19.1. The molecule has 2 N–H and O–H groups in total. The predicted molar refractivity (Wildman–Crippen MR) is 121 cm³/mol. The minimum absolute atomic E-state index is 0.237. The average molecular weight is 460 g/mol. The van der Waals surface area contributed by atoms with Gasteiger partial charge in [-0.15, -0.1) is 0 Å². The summed E-state index contributed by atoms with van der Waals surface area (Å²) in [6, 6.07) is 6.13. The first-order valence-corrected chi connectivity index (χ1v) is 11.8. The zero-order valence-corrected chi connectivity index (χ0v) is 19.1. The molecule has 178 valence electrons. The number of nitrogens with one attached hydrogen (secondary N) is 1. The molecule has 1 saturated carbocycles. The first kappa shape index (κ1) is 22.6. The predicted octanol–water partition coefficient (Wildman–Crippen LogP) is 3.71. The quantitative estimate of drug-likeness (QED) is 0.713. The lowest BCUT2D eigenvalue weighted by molar-refractivity contribution is -0.118. The van der Waals surface area contributed by atoms with Crippen LogP contribution in [0.4, 0.5) is 14.6 Å². The van der Waals surface area contributed by atoms with E-state index in [2.05, 4.69) is 41.2 Å². The van der Waals surface area contributed by atoms with Gasteiger partial charge in [0.05, 0.1) is 24.9 Å².